The Hall–Kier alpha value is -2.04. The van der Waals surface area contributed by atoms with Gasteiger partial charge in [-0.2, -0.15) is 0 Å². The van der Waals surface area contributed by atoms with E-state index in [1.165, 1.54) is 0 Å². The van der Waals surface area contributed by atoms with Gasteiger partial charge in [0.1, 0.15) is 23.7 Å². The van der Waals surface area contributed by atoms with Gasteiger partial charge in [-0.1, -0.05) is 0 Å². The van der Waals surface area contributed by atoms with E-state index in [4.69, 9.17) is 4.42 Å². The van der Waals surface area contributed by atoms with Crippen LogP contribution in [-0.4, -0.2) is 24.1 Å². The van der Waals surface area contributed by atoms with Crippen molar-refractivity contribution in [2.75, 3.05) is 24.3 Å². The monoisotopic (exact) mass is 218 g/mol. The molecular weight excluding hydrogens is 204 g/mol. The van der Waals surface area contributed by atoms with Crippen molar-refractivity contribution in [1.82, 2.24) is 9.97 Å². The summed E-state index contributed by atoms with van der Waals surface area (Å²) < 4.78 is 5.28. The highest BCUT2D eigenvalue weighted by Crippen LogP contribution is 2.14. The fourth-order valence-corrected chi connectivity index (χ4v) is 1.41. The third-order valence-corrected chi connectivity index (χ3v) is 2.27. The first-order valence-corrected chi connectivity index (χ1v) is 5.03. The Morgan fingerprint density at radius 3 is 3.00 bits per heavy atom. The molecule has 0 spiro atoms. The molecule has 1 N–H and O–H groups in total. The highest BCUT2D eigenvalue weighted by Gasteiger charge is 2.06. The van der Waals surface area contributed by atoms with Gasteiger partial charge in [0.25, 0.3) is 0 Å². The molecule has 0 aliphatic rings. The van der Waals surface area contributed by atoms with E-state index in [9.17, 15) is 0 Å². The number of nitrogens with one attached hydrogen (secondary N) is 1. The summed E-state index contributed by atoms with van der Waals surface area (Å²) in [6.45, 7) is 0.688. The van der Waals surface area contributed by atoms with E-state index < -0.39 is 0 Å². The van der Waals surface area contributed by atoms with Crippen LogP contribution in [0, 0.1) is 0 Å². The Labute approximate surface area is 94.1 Å². The summed E-state index contributed by atoms with van der Waals surface area (Å²) in [7, 11) is 3.79. The smallest absolute Gasteiger partial charge is 0.134 e. The van der Waals surface area contributed by atoms with Gasteiger partial charge in [-0.25, -0.2) is 9.97 Å². The van der Waals surface area contributed by atoms with Crippen molar-refractivity contribution < 1.29 is 4.42 Å². The summed E-state index contributed by atoms with van der Waals surface area (Å²) in [5.41, 5.74) is 0. The molecule has 5 heteroatoms. The summed E-state index contributed by atoms with van der Waals surface area (Å²) in [5.74, 6) is 2.57. The van der Waals surface area contributed by atoms with Crippen LogP contribution < -0.4 is 10.2 Å². The zero-order chi connectivity index (χ0) is 11.4. The first-order chi connectivity index (χ1) is 7.79. The summed E-state index contributed by atoms with van der Waals surface area (Å²) in [6, 6.07) is 5.71. The fourth-order valence-electron chi connectivity index (χ4n) is 1.41. The Morgan fingerprint density at radius 2 is 2.31 bits per heavy atom. The van der Waals surface area contributed by atoms with Crippen molar-refractivity contribution in [3.8, 4) is 0 Å². The topological polar surface area (TPSA) is 54.2 Å². The number of aromatic nitrogens is 2. The minimum Gasteiger partial charge on any atom is -0.467 e. The lowest BCUT2D eigenvalue weighted by molar-refractivity contribution is 0.507. The molecule has 0 aliphatic heterocycles. The van der Waals surface area contributed by atoms with Gasteiger partial charge in [-0.3, -0.25) is 0 Å². The maximum atomic E-state index is 5.28. The van der Waals surface area contributed by atoms with Crippen molar-refractivity contribution >= 4 is 11.6 Å². The molecular formula is C11H14N4O. The molecule has 0 unspecified atom stereocenters. The predicted octanol–water partition coefficient (Wildman–Crippen LogP) is 1.75. The summed E-state index contributed by atoms with van der Waals surface area (Å²) in [5, 5.41) is 2.98. The van der Waals surface area contributed by atoms with Gasteiger partial charge < -0.3 is 14.6 Å². The molecule has 0 amide bonds. The molecule has 2 heterocycles. The second-order valence-corrected chi connectivity index (χ2v) is 3.45. The second kappa shape index (κ2) is 4.65. The van der Waals surface area contributed by atoms with Crippen LogP contribution in [0.5, 0.6) is 0 Å². The molecule has 0 radical (unpaired) electrons. The number of hydrogen-bond donors (Lipinski definition) is 1. The normalized spacial score (nSPS) is 10.1. The quantitative estimate of drug-likeness (QED) is 0.847. The predicted molar refractivity (Wildman–Crippen MR) is 62.4 cm³/mol. The molecule has 2 rings (SSSR count). The van der Waals surface area contributed by atoms with Crippen LogP contribution in [0.1, 0.15) is 5.76 Å². The van der Waals surface area contributed by atoms with Crippen molar-refractivity contribution in [3.05, 3.63) is 36.5 Å². The van der Waals surface area contributed by atoms with Crippen molar-refractivity contribution in [1.29, 1.82) is 0 Å². The third kappa shape index (κ3) is 2.31. The number of hydrogen-bond acceptors (Lipinski definition) is 5. The molecule has 84 valence electrons. The van der Waals surface area contributed by atoms with Crippen molar-refractivity contribution in [2.24, 2.45) is 0 Å². The molecule has 0 bridgehead atoms. The molecule has 0 atom stereocenters. The molecule has 2 aromatic rings. The summed E-state index contributed by atoms with van der Waals surface area (Å²) in [6.07, 6.45) is 3.21. The van der Waals surface area contributed by atoms with Crippen molar-refractivity contribution in [3.63, 3.8) is 0 Å². The lowest BCUT2D eigenvalue weighted by atomic mass is 10.4. The minimum atomic E-state index is 0.688. The largest absolute Gasteiger partial charge is 0.467 e. The zero-order valence-electron chi connectivity index (χ0n) is 9.34. The Bertz CT molecular complexity index is 441. The fraction of sp³-hybridized carbons (Fsp3) is 0.273. The van der Waals surface area contributed by atoms with Crippen LogP contribution in [0.4, 0.5) is 11.6 Å². The van der Waals surface area contributed by atoms with Crippen LogP contribution in [0.3, 0.4) is 0 Å². The van der Waals surface area contributed by atoms with E-state index in [2.05, 4.69) is 15.3 Å². The van der Waals surface area contributed by atoms with Gasteiger partial charge in [0.05, 0.1) is 12.8 Å². The maximum Gasteiger partial charge on any atom is 0.134 e. The highest BCUT2D eigenvalue weighted by atomic mass is 16.3. The molecule has 0 saturated heterocycles. The maximum absolute atomic E-state index is 5.28. The van der Waals surface area contributed by atoms with Gasteiger partial charge in [0, 0.05) is 20.2 Å². The van der Waals surface area contributed by atoms with E-state index in [0.29, 0.717) is 6.54 Å². The van der Waals surface area contributed by atoms with Gasteiger partial charge in [-0.15, -0.1) is 0 Å². The van der Waals surface area contributed by atoms with Crippen LogP contribution in [0.25, 0.3) is 0 Å². The SMILES string of the molecule is CNc1cc(N(C)Cc2ccco2)ncn1. The Morgan fingerprint density at radius 1 is 1.44 bits per heavy atom. The average molecular weight is 218 g/mol. The Kier molecular flexibility index (Phi) is 3.05. The number of furan rings is 1. The number of nitrogens with zero attached hydrogens (tertiary/aromatic N) is 3. The zero-order valence-corrected chi connectivity index (χ0v) is 9.34. The molecule has 2 aromatic heterocycles. The van der Waals surface area contributed by atoms with Gasteiger partial charge >= 0.3 is 0 Å². The van der Waals surface area contributed by atoms with E-state index in [1.807, 2.05) is 37.2 Å². The molecule has 0 aliphatic carbocycles. The molecule has 0 saturated carbocycles. The minimum absolute atomic E-state index is 0.688. The third-order valence-electron chi connectivity index (χ3n) is 2.27. The van der Waals surface area contributed by atoms with E-state index >= 15 is 0 Å². The second-order valence-electron chi connectivity index (χ2n) is 3.45. The summed E-state index contributed by atoms with van der Waals surface area (Å²) in [4.78, 5) is 10.3. The molecule has 16 heavy (non-hydrogen) atoms. The van der Waals surface area contributed by atoms with Crippen molar-refractivity contribution in [2.45, 2.75) is 6.54 Å². The number of rotatable bonds is 4. The highest BCUT2D eigenvalue weighted by molar-refractivity contribution is 5.47. The van der Waals surface area contributed by atoms with Crippen LogP contribution in [0.15, 0.2) is 35.2 Å². The molecule has 0 aromatic carbocycles. The molecule has 5 nitrogen and oxygen atoms in total. The number of anilines is 2. The average Bonchev–Trinajstić information content (AvgIpc) is 2.82. The van der Waals surface area contributed by atoms with Gasteiger partial charge in [0.15, 0.2) is 0 Å². The van der Waals surface area contributed by atoms with Gasteiger partial charge in [0.2, 0.25) is 0 Å². The lowest BCUT2D eigenvalue weighted by Crippen LogP contribution is -2.17. The van der Waals surface area contributed by atoms with Crippen LogP contribution in [0.2, 0.25) is 0 Å². The summed E-state index contributed by atoms with van der Waals surface area (Å²) >= 11 is 0. The first-order valence-electron chi connectivity index (χ1n) is 5.03. The van der Waals surface area contributed by atoms with E-state index in [-0.39, 0.29) is 0 Å². The van der Waals surface area contributed by atoms with E-state index in [1.54, 1.807) is 12.6 Å². The first kappa shape index (κ1) is 10.5. The van der Waals surface area contributed by atoms with Crippen LogP contribution in [-0.2, 0) is 6.54 Å². The standard InChI is InChI=1S/C11H14N4O/c1-12-10-6-11(14-8-13-10)15(2)7-9-4-3-5-16-9/h3-6,8H,7H2,1-2H3,(H,12,13,14). The lowest BCUT2D eigenvalue weighted by Gasteiger charge is -2.16. The van der Waals surface area contributed by atoms with Gasteiger partial charge in [-0.05, 0) is 12.1 Å². The molecule has 0 fully saturated rings. The van der Waals surface area contributed by atoms with E-state index in [0.717, 1.165) is 17.4 Å². The Balaban J connectivity index is 2.11. The van der Waals surface area contributed by atoms with Crippen LogP contribution >= 0.6 is 0 Å².